The van der Waals surface area contributed by atoms with E-state index in [1.807, 2.05) is 55.5 Å². The number of methoxy groups -OCH3 is 1. The van der Waals surface area contributed by atoms with E-state index >= 15 is 0 Å². The van der Waals surface area contributed by atoms with Crippen LogP contribution >= 0.6 is 15.9 Å². The monoisotopic (exact) mass is 342 g/mol. The van der Waals surface area contributed by atoms with E-state index < -0.39 is 0 Å². The highest BCUT2D eigenvalue weighted by molar-refractivity contribution is 9.10. The van der Waals surface area contributed by atoms with Gasteiger partial charge in [0.25, 0.3) is 0 Å². The zero-order valence-electron chi connectivity index (χ0n) is 11.9. The molecule has 4 heteroatoms. The first-order valence-corrected chi connectivity index (χ1v) is 7.43. The summed E-state index contributed by atoms with van der Waals surface area (Å²) in [4.78, 5) is 4.59. The van der Waals surface area contributed by atoms with E-state index in [-0.39, 0.29) is 0 Å². The molecular weight excluding hydrogens is 328 g/mol. The quantitative estimate of drug-likeness (QED) is 0.722. The number of nitrogens with one attached hydrogen (secondary N) is 1. The zero-order chi connectivity index (χ0) is 14.8. The molecule has 0 amide bonds. The summed E-state index contributed by atoms with van der Waals surface area (Å²) in [6.07, 6.45) is 0. The summed E-state index contributed by atoms with van der Waals surface area (Å²) in [5.41, 5.74) is 3.87. The molecule has 0 unspecified atom stereocenters. The summed E-state index contributed by atoms with van der Waals surface area (Å²) in [6.45, 7) is 1.98. The van der Waals surface area contributed by atoms with Crippen LogP contribution in [-0.4, -0.2) is 12.1 Å². The lowest BCUT2D eigenvalue weighted by Gasteiger charge is -2.13. The van der Waals surface area contributed by atoms with Crippen LogP contribution in [-0.2, 0) is 0 Å². The van der Waals surface area contributed by atoms with Gasteiger partial charge in [0, 0.05) is 26.9 Å². The summed E-state index contributed by atoms with van der Waals surface area (Å²) < 4.78 is 6.45. The number of para-hydroxylation sites is 1. The second-order valence-corrected chi connectivity index (χ2v) is 5.72. The fraction of sp³-hybridized carbons (Fsp3) is 0.118. The highest BCUT2D eigenvalue weighted by Crippen LogP contribution is 2.32. The van der Waals surface area contributed by atoms with Gasteiger partial charge >= 0.3 is 0 Å². The first-order valence-electron chi connectivity index (χ1n) is 6.64. The van der Waals surface area contributed by atoms with E-state index in [0.29, 0.717) is 0 Å². The average Bonchev–Trinajstić information content (AvgIpc) is 2.46. The Labute approximate surface area is 132 Å². The van der Waals surface area contributed by atoms with E-state index in [0.717, 1.165) is 38.2 Å². The third kappa shape index (κ3) is 2.85. The van der Waals surface area contributed by atoms with Gasteiger partial charge in [-0.2, -0.15) is 0 Å². The molecule has 1 heterocycles. The summed E-state index contributed by atoms with van der Waals surface area (Å²) in [5, 5.41) is 4.50. The summed E-state index contributed by atoms with van der Waals surface area (Å²) in [5.74, 6) is 0.786. The number of halogens is 1. The Bertz CT molecular complexity index is 802. The highest BCUT2D eigenvalue weighted by atomic mass is 79.9. The normalized spacial score (nSPS) is 10.6. The van der Waals surface area contributed by atoms with Gasteiger partial charge in [0.1, 0.15) is 11.3 Å². The molecule has 1 N–H and O–H groups in total. The van der Waals surface area contributed by atoms with Crippen LogP contribution < -0.4 is 10.1 Å². The Kier molecular flexibility index (Phi) is 3.80. The fourth-order valence-electron chi connectivity index (χ4n) is 2.34. The van der Waals surface area contributed by atoms with Crippen LogP contribution in [0.2, 0.25) is 0 Å². The maximum Gasteiger partial charge on any atom is 0.145 e. The Morgan fingerprint density at radius 3 is 2.67 bits per heavy atom. The van der Waals surface area contributed by atoms with Crippen LogP contribution in [0.3, 0.4) is 0 Å². The van der Waals surface area contributed by atoms with Crippen molar-refractivity contribution in [3.05, 3.63) is 58.7 Å². The number of ether oxygens (including phenoxy) is 1. The Hall–Kier alpha value is -2.07. The maximum atomic E-state index is 5.41. The number of fused-ring (bicyclic) bond motifs is 1. The minimum Gasteiger partial charge on any atom is -0.494 e. The SMILES string of the molecule is COc1cccc2c(Nc3cccc(Br)c3)cc(C)nc12. The molecule has 0 aliphatic heterocycles. The summed E-state index contributed by atoms with van der Waals surface area (Å²) in [7, 11) is 1.67. The second kappa shape index (κ2) is 5.74. The van der Waals surface area contributed by atoms with E-state index in [9.17, 15) is 0 Å². The van der Waals surface area contributed by atoms with Crippen molar-refractivity contribution in [3.8, 4) is 5.75 Å². The van der Waals surface area contributed by atoms with E-state index in [2.05, 4.69) is 26.2 Å². The van der Waals surface area contributed by atoms with Gasteiger partial charge in [0.15, 0.2) is 0 Å². The lowest BCUT2D eigenvalue weighted by Crippen LogP contribution is -1.96. The molecule has 0 aliphatic carbocycles. The Balaban J connectivity index is 2.14. The Morgan fingerprint density at radius 1 is 1.10 bits per heavy atom. The van der Waals surface area contributed by atoms with Gasteiger partial charge in [-0.05, 0) is 37.3 Å². The number of aromatic nitrogens is 1. The van der Waals surface area contributed by atoms with Crippen LogP contribution in [0.5, 0.6) is 5.75 Å². The summed E-state index contributed by atoms with van der Waals surface area (Å²) in [6, 6.07) is 16.1. The van der Waals surface area contributed by atoms with Gasteiger partial charge in [-0.25, -0.2) is 4.98 Å². The predicted octanol–water partition coefficient (Wildman–Crippen LogP) is 5.06. The number of anilines is 2. The van der Waals surface area contributed by atoms with Gasteiger partial charge in [-0.3, -0.25) is 0 Å². The van der Waals surface area contributed by atoms with E-state index in [1.54, 1.807) is 7.11 Å². The molecule has 0 radical (unpaired) electrons. The smallest absolute Gasteiger partial charge is 0.145 e. The molecular formula is C17H15BrN2O. The topological polar surface area (TPSA) is 34.1 Å². The molecule has 0 fully saturated rings. The van der Waals surface area contributed by atoms with Crippen LogP contribution in [0.25, 0.3) is 10.9 Å². The molecule has 3 aromatic rings. The molecule has 0 aliphatic rings. The van der Waals surface area contributed by atoms with Gasteiger partial charge in [-0.15, -0.1) is 0 Å². The van der Waals surface area contributed by atoms with E-state index in [4.69, 9.17) is 4.74 Å². The molecule has 1 aromatic heterocycles. The van der Waals surface area contributed by atoms with Gasteiger partial charge in [0.05, 0.1) is 7.11 Å². The molecule has 0 spiro atoms. The van der Waals surface area contributed by atoms with Crippen molar-refractivity contribution in [2.75, 3.05) is 12.4 Å². The number of pyridine rings is 1. The van der Waals surface area contributed by atoms with Crippen molar-refractivity contribution in [1.82, 2.24) is 4.98 Å². The van der Waals surface area contributed by atoms with Gasteiger partial charge in [0.2, 0.25) is 0 Å². The number of hydrogen-bond acceptors (Lipinski definition) is 3. The first kappa shape index (κ1) is 13.9. The van der Waals surface area contributed by atoms with E-state index in [1.165, 1.54) is 0 Å². The van der Waals surface area contributed by atoms with Crippen molar-refractivity contribution in [1.29, 1.82) is 0 Å². The summed E-state index contributed by atoms with van der Waals surface area (Å²) >= 11 is 3.49. The van der Waals surface area contributed by atoms with Gasteiger partial charge < -0.3 is 10.1 Å². The van der Waals surface area contributed by atoms with Crippen LogP contribution in [0, 0.1) is 6.92 Å². The maximum absolute atomic E-state index is 5.41. The fourth-order valence-corrected chi connectivity index (χ4v) is 2.74. The van der Waals surface area contributed by atoms with Crippen molar-refractivity contribution in [2.45, 2.75) is 6.92 Å². The number of hydrogen-bond donors (Lipinski definition) is 1. The largest absolute Gasteiger partial charge is 0.494 e. The van der Waals surface area contributed by atoms with Crippen molar-refractivity contribution >= 4 is 38.2 Å². The second-order valence-electron chi connectivity index (χ2n) is 4.80. The molecule has 21 heavy (non-hydrogen) atoms. The standard InChI is InChI=1S/C17H15BrN2O/c1-11-9-15(20-13-6-3-5-12(18)10-13)14-7-4-8-16(21-2)17(14)19-11/h3-10H,1-2H3,(H,19,20). The minimum absolute atomic E-state index is 0.786. The van der Waals surface area contributed by atoms with Crippen molar-refractivity contribution in [3.63, 3.8) is 0 Å². The third-order valence-corrected chi connectivity index (χ3v) is 3.75. The van der Waals surface area contributed by atoms with Crippen molar-refractivity contribution in [2.24, 2.45) is 0 Å². The Morgan fingerprint density at radius 2 is 1.90 bits per heavy atom. The number of rotatable bonds is 3. The average molecular weight is 343 g/mol. The molecule has 106 valence electrons. The zero-order valence-corrected chi connectivity index (χ0v) is 13.4. The molecule has 3 nitrogen and oxygen atoms in total. The highest BCUT2D eigenvalue weighted by Gasteiger charge is 2.08. The predicted molar refractivity (Wildman–Crippen MR) is 90.5 cm³/mol. The van der Waals surface area contributed by atoms with Crippen molar-refractivity contribution < 1.29 is 4.74 Å². The molecule has 0 saturated carbocycles. The van der Waals surface area contributed by atoms with Gasteiger partial charge in [-0.1, -0.05) is 34.1 Å². The van der Waals surface area contributed by atoms with Crippen LogP contribution in [0.4, 0.5) is 11.4 Å². The number of nitrogens with zero attached hydrogens (tertiary/aromatic N) is 1. The van der Waals surface area contributed by atoms with Crippen LogP contribution in [0.1, 0.15) is 5.69 Å². The molecule has 0 atom stereocenters. The number of benzene rings is 2. The third-order valence-electron chi connectivity index (χ3n) is 3.25. The first-order chi connectivity index (χ1) is 10.2. The molecule has 2 aromatic carbocycles. The molecule has 0 saturated heterocycles. The minimum atomic E-state index is 0.786. The number of aryl methyl sites for hydroxylation is 1. The lowest BCUT2D eigenvalue weighted by atomic mass is 10.1. The molecule has 3 rings (SSSR count). The molecule has 0 bridgehead atoms. The van der Waals surface area contributed by atoms with Crippen LogP contribution in [0.15, 0.2) is 53.0 Å². The lowest BCUT2D eigenvalue weighted by molar-refractivity contribution is 0.419.